The first-order chi connectivity index (χ1) is 13.7. The summed E-state index contributed by atoms with van der Waals surface area (Å²) in [6, 6.07) is 21.5. The molecule has 148 valence electrons. The molecule has 0 unspecified atom stereocenters. The number of hydrogen-bond acceptors (Lipinski definition) is 2. The molecule has 6 heteroatoms. The van der Waals surface area contributed by atoms with Crippen molar-refractivity contribution in [2.45, 2.75) is 50.9 Å². The van der Waals surface area contributed by atoms with Crippen LogP contribution in [0, 0.1) is 0 Å². The van der Waals surface area contributed by atoms with E-state index in [0.717, 1.165) is 49.0 Å². The Balaban J connectivity index is 1.30. The fourth-order valence-corrected chi connectivity index (χ4v) is 3.89. The molecule has 0 heterocycles. The minimum Gasteiger partial charge on any atom is -0.360 e. The van der Waals surface area contributed by atoms with Crippen LogP contribution < -0.4 is 21.3 Å². The topological polar surface area (TPSA) is 48.1 Å². The summed E-state index contributed by atoms with van der Waals surface area (Å²) in [6.07, 6.45) is 4.36. The van der Waals surface area contributed by atoms with Crippen molar-refractivity contribution in [2.24, 2.45) is 0 Å². The number of rotatable bonds is 6. The molecule has 0 aliphatic heterocycles. The normalized spacial score (nSPS) is 18.7. The van der Waals surface area contributed by atoms with Crippen LogP contribution in [0.1, 0.15) is 36.8 Å². The quantitative estimate of drug-likeness (QED) is 0.544. The standard InChI is InChI=1S/C22H28N4S2/c27-21(23-15-17-7-3-1-4-8-17)25-19-11-13-20(14-12-19)26-22(28)24-16-18-9-5-2-6-10-18/h1-10,19-20H,11-16H2,(H2,23,25,27)(H2,24,26,28). The van der Waals surface area contributed by atoms with Crippen molar-refractivity contribution in [3.63, 3.8) is 0 Å². The van der Waals surface area contributed by atoms with E-state index in [2.05, 4.69) is 45.5 Å². The van der Waals surface area contributed by atoms with Crippen LogP contribution in [0.25, 0.3) is 0 Å². The van der Waals surface area contributed by atoms with Crippen LogP contribution in [0.5, 0.6) is 0 Å². The summed E-state index contributed by atoms with van der Waals surface area (Å²) in [6.45, 7) is 1.51. The van der Waals surface area contributed by atoms with Gasteiger partial charge < -0.3 is 21.3 Å². The third-order valence-corrected chi connectivity index (χ3v) is 5.51. The molecule has 0 bridgehead atoms. The van der Waals surface area contributed by atoms with E-state index >= 15 is 0 Å². The molecule has 0 atom stereocenters. The molecule has 1 fully saturated rings. The molecule has 3 rings (SSSR count). The van der Waals surface area contributed by atoms with Crippen molar-refractivity contribution in [3.8, 4) is 0 Å². The van der Waals surface area contributed by atoms with E-state index in [1.807, 2.05) is 36.4 Å². The number of hydrogen-bond donors (Lipinski definition) is 4. The van der Waals surface area contributed by atoms with Gasteiger partial charge in [0.15, 0.2) is 10.2 Å². The van der Waals surface area contributed by atoms with Gasteiger partial charge in [0.1, 0.15) is 0 Å². The van der Waals surface area contributed by atoms with Crippen LogP contribution >= 0.6 is 24.4 Å². The third-order valence-electron chi connectivity index (χ3n) is 4.99. The number of nitrogens with one attached hydrogen (secondary N) is 4. The van der Waals surface area contributed by atoms with Crippen molar-refractivity contribution in [2.75, 3.05) is 0 Å². The van der Waals surface area contributed by atoms with E-state index in [1.165, 1.54) is 11.1 Å². The van der Waals surface area contributed by atoms with Gasteiger partial charge in [0.05, 0.1) is 0 Å². The van der Waals surface area contributed by atoms with E-state index in [-0.39, 0.29) is 0 Å². The van der Waals surface area contributed by atoms with Crippen LogP contribution in [0.4, 0.5) is 0 Å². The first-order valence-electron chi connectivity index (χ1n) is 9.85. The maximum absolute atomic E-state index is 5.45. The lowest BCUT2D eigenvalue weighted by Crippen LogP contribution is -2.48. The Morgan fingerprint density at radius 1 is 0.643 bits per heavy atom. The minimum atomic E-state index is 0.430. The maximum atomic E-state index is 5.45. The predicted octanol–water partition coefficient (Wildman–Crippen LogP) is 3.63. The highest BCUT2D eigenvalue weighted by molar-refractivity contribution is 7.80. The predicted molar refractivity (Wildman–Crippen MR) is 124 cm³/mol. The lowest BCUT2D eigenvalue weighted by Gasteiger charge is -2.31. The van der Waals surface area contributed by atoms with Gasteiger partial charge in [-0.25, -0.2) is 0 Å². The molecule has 4 N–H and O–H groups in total. The van der Waals surface area contributed by atoms with Gasteiger partial charge in [0, 0.05) is 25.2 Å². The molecule has 2 aromatic carbocycles. The number of thiocarbonyl (C=S) groups is 2. The number of benzene rings is 2. The first-order valence-corrected chi connectivity index (χ1v) is 10.7. The average Bonchev–Trinajstić information content (AvgIpc) is 2.74. The van der Waals surface area contributed by atoms with E-state index in [1.54, 1.807) is 0 Å². The highest BCUT2D eigenvalue weighted by Gasteiger charge is 2.22. The molecule has 28 heavy (non-hydrogen) atoms. The Bertz CT molecular complexity index is 678. The molecule has 1 aliphatic rings. The molecule has 0 amide bonds. The Kier molecular flexibility index (Phi) is 8.06. The van der Waals surface area contributed by atoms with Crippen molar-refractivity contribution >= 4 is 34.7 Å². The van der Waals surface area contributed by atoms with Gasteiger partial charge in [0.2, 0.25) is 0 Å². The van der Waals surface area contributed by atoms with Gasteiger partial charge >= 0.3 is 0 Å². The Hall–Kier alpha value is -2.18. The van der Waals surface area contributed by atoms with Crippen LogP contribution in [-0.4, -0.2) is 22.3 Å². The van der Waals surface area contributed by atoms with Crippen molar-refractivity contribution in [3.05, 3.63) is 71.8 Å². The van der Waals surface area contributed by atoms with Crippen LogP contribution in [0.3, 0.4) is 0 Å². The van der Waals surface area contributed by atoms with Crippen molar-refractivity contribution in [1.82, 2.24) is 21.3 Å². The van der Waals surface area contributed by atoms with Crippen molar-refractivity contribution < 1.29 is 0 Å². The Morgan fingerprint density at radius 2 is 1.00 bits per heavy atom. The highest BCUT2D eigenvalue weighted by Crippen LogP contribution is 2.18. The molecular weight excluding hydrogens is 384 g/mol. The van der Waals surface area contributed by atoms with Crippen molar-refractivity contribution in [1.29, 1.82) is 0 Å². The summed E-state index contributed by atoms with van der Waals surface area (Å²) in [4.78, 5) is 0. The fraction of sp³-hybridized carbons (Fsp3) is 0.364. The average molecular weight is 413 g/mol. The summed E-state index contributed by atoms with van der Waals surface area (Å²) < 4.78 is 0. The molecular formula is C22H28N4S2. The zero-order valence-corrected chi connectivity index (χ0v) is 17.6. The maximum Gasteiger partial charge on any atom is 0.166 e. The molecule has 4 nitrogen and oxygen atoms in total. The summed E-state index contributed by atoms with van der Waals surface area (Å²) in [5.41, 5.74) is 2.46. The summed E-state index contributed by atoms with van der Waals surface area (Å²) in [7, 11) is 0. The van der Waals surface area contributed by atoms with Crippen LogP contribution in [0.2, 0.25) is 0 Å². The Labute approximate surface area is 178 Å². The van der Waals surface area contributed by atoms with E-state index in [4.69, 9.17) is 24.4 Å². The summed E-state index contributed by atoms with van der Waals surface area (Å²) in [5.74, 6) is 0. The zero-order chi connectivity index (χ0) is 19.6. The van der Waals surface area contributed by atoms with E-state index in [0.29, 0.717) is 12.1 Å². The van der Waals surface area contributed by atoms with Crippen LogP contribution in [-0.2, 0) is 13.1 Å². The first kappa shape index (κ1) is 20.6. The second-order valence-electron chi connectivity index (χ2n) is 7.17. The molecule has 0 spiro atoms. The van der Waals surface area contributed by atoms with Gasteiger partial charge in [-0.2, -0.15) is 0 Å². The van der Waals surface area contributed by atoms with Crippen LogP contribution in [0.15, 0.2) is 60.7 Å². The molecule has 0 aromatic heterocycles. The smallest absolute Gasteiger partial charge is 0.166 e. The molecule has 0 radical (unpaired) electrons. The zero-order valence-electron chi connectivity index (χ0n) is 16.0. The molecule has 2 aromatic rings. The second-order valence-corrected chi connectivity index (χ2v) is 7.99. The molecule has 1 aliphatic carbocycles. The van der Waals surface area contributed by atoms with E-state index < -0.39 is 0 Å². The lowest BCUT2D eigenvalue weighted by atomic mass is 9.91. The monoisotopic (exact) mass is 412 g/mol. The van der Waals surface area contributed by atoms with Gasteiger partial charge in [-0.1, -0.05) is 60.7 Å². The lowest BCUT2D eigenvalue weighted by molar-refractivity contribution is 0.353. The molecule has 1 saturated carbocycles. The minimum absolute atomic E-state index is 0.430. The van der Waals surface area contributed by atoms with Gasteiger partial charge in [0.25, 0.3) is 0 Å². The summed E-state index contributed by atoms with van der Waals surface area (Å²) in [5, 5.41) is 15.0. The second kappa shape index (κ2) is 11.0. The SMILES string of the molecule is S=C(NCc1ccccc1)NC1CCC(NC(=S)NCc2ccccc2)CC1. The Morgan fingerprint density at radius 3 is 1.36 bits per heavy atom. The van der Waals surface area contributed by atoms with Gasteiger partial charge in [-0.3, -0.25) is 0 Å². The van der Waals surface area contributed by atoms with E-state index in [9.17, 15) is 0 Å². The summed E-state index contributed by atoms with van der Waals surface area (Å²) >= 11 is 10.9. The third kappa shape index (κ3) is 7.09. The fourth-order valence-electron chi connectivity index (χ4n) is 3.41. The van der Waals surface area contributed by atoms with Gasteiger partial charge in [-0.05, 0) is 61.2 Å². The highest BCUT2D eigenvalue weighted by atomic mass is 32.1. The van der Waals surface area contributed by atoms with Gasteiger partial charge in [-0.15, -0.1) is 0 Å². The molecule has 0 saturated heterocycles. The largest absolute Gasteiger partial charge is 0.360 e.